The summed E-state index contributed by atoms with van der Waals surface area (Å²) in [7, 11) is 0. The van der Waals surface area contributed by atoms with Gasteiger partial charge in [0.15, 0.2) is 4.77 Å². The lowest BCUT2D eigenvalue weighted by Gasteiger charge is -2.22. The van der Waals surface area contributed by atoms with Crippen molar-refractivity contribution in [1.82, 2.24) is 19.7 Å². The van der Waals surface area contributed by atoms with E-state index in [0.29, 0.717) is 4.77 Å². The number of aryl methyl sites for hydroxylation is 2. The number of nitrogens with zero attached hydrogens (tertiary/aromatic N) is 3. The van der Waals surface area contributed by atoms with Gasteiger partial charge < -0.3 is 0 Å². The fourth-order valence-corrected chi connectivity index (χ4v) is 2.42. The molecule has 0 amide bonds. The molecule has 0 atom stereocenters. The lowest BCUT2D eigenvalue weighted by atomic mass is 10.1. The van der Waals surface area contributed by atoms with Crippen molar-refractivity contribution in [1.29, 1.82) is 0 Å². The van der Waals surface area contributed by atoms with E-state index < -0.39 is 0 Å². The first kappa shape index (κ1) is 13.0. The number of H-pyrrole nitrogens is 1. The van der Waals surface area contributed by atoms with E-state index in [2.05, 4.69) is 46.6 Å². The van der Waals surface area contributed by atoms with Crippen LogP contribution in [0.1, 0.15) is 32.2 Å². The van der Waals surface area contributed by atoms with Gasteiger partial charge in [0.1, 0.15) is 5.82 Å². The molecule has 0 bridgehead atoms. The Kier molecular flexibility index (Phi) is 3.61. The Hall–Kier alpha value is -1.49. The predicted molar refractivity (Wildman–Crippen MR) is 74.1 cm³/mol. The number of rotatable bonds is 3. The third-order valence-electron chi connectivity index (χ3n) is 2.77. The molecule has 0 spiro atoms. The zero-order chi connectivity index (χ0) is 13.2. The largest absolute Gasteiger partial charge is 0.299 e. The number of aromatic nitrogens is 4. The van der Waals surface area contributed by atoms with Crippen molar-refractivity contribution in [3.63, 3.8) is 0 Å². The smallest absolute Gasteiger partial charge is 0.195 e. The van der Waals surface area contributed by atoms with Crippen LogP contribution in [-0.2, 0) is 18.4 Å². The fraction of sp³-hybridized carbons (Fsp3) is 0.462. The van der Waals surface area contributed by atoms with E-state index in [4.69, 9.17) is 12.2 Å². The third kappa shape index (κ3) is 2.85. The first-order valence-corrected chi connectivity index (χ1v) is 6.45. The molecule has 0 aliphatic rings. The molecule has 0 aliphatic heterocycles. The maximum absolute atomic E-state index is 5.28. The van der Waals surface area contributed by atoms with Gasteiger partial charge in [0.2, 0.25) is 0 Å². The van der Waals surface area contributed by atoms with Gasteiger partial charge >= 0.3 is 0 Å². The van der Waals surface area contributed by atoms with Gasteiger partial charge in [-0.2, -0.15) is 5.10 Å². The predicted octanol–water partition coefficient (Wildman–Crippen LogP) is 2.88. The van der Waals surface area contributed by atoms with Crippen LogP contribution in [0.2, 0.25) is 0 Å². The molecule has 0 radical (unpaired) electrons. The van der Waals surface area contributed by atoms with Crippen LogP contribution in [0.5, 0.6) is 0 Å². The third-order valence-corrected chi connectivity index (χ3v) is 3.05. The van der Waals surface area contributed by atoms with Gasteiger partial charge in [-0.25, -0.2) is 0 Å². The minimum absolute atomic E-state index is 0.0473. The quantitative estimate of drug-likeness (QED) is 0.865. The van der Waals surface area contributed by atoms with Crippen molar-refractivity contribution in [3.8, 4) is 0 Å². The molecule has 96 valence electrons. The summed E-state index contributed by atoms with van der Waals surface area (Å²) in [5.41, 5.74) is 1.17. The Morgan fingerprint density at radius 3 is 2.72 bits per heavy atom. The summed E-state index contributed by atoms with van der Waals surface area (Å²) in [4.78, 5) is 4.12. The van der Waals surface area contributed by atoms with Crippen LogP contribution in [0.4, 0.5) is 0 Å². The summed E-state index contributed by atoms with van der Waals surface area (Å²) in [6.45, 7) is 6.39. The molecule has 0 aromatic carbocycles. The second-order valence-electron chi connectivity index (χ2n) is 5.31. The van der Waals surface area contributed by atoms with E-state index >= 15 is 0 Å². The van der Waals surface area contributed by atoms with Crippen molar-refractivity contribution < 1.29 is 0 Å². The molecule has 0 saturated carbocycles. The van der Waals surface area contributed by atoms with Crippen molar-refractivity contribution in [2.45, 2.75) is 39.2 Å². The SMILES string of the molecule is CC(C)(C)n1c(CCc2cccnc2)n[nH]c1=S. The maximum atomic E-state index is 5.28. The molecule has 0 unspecified atom stereocenters. The van der Waals surface area contributed by atoms with Crippen molar-refractivity contribution >= 4 is 12.2 Å². The first-order valence-electron chi connectivity index (χ1n) is 6.04. The van der Waals surface area contributed by atoms with Gasteiger partial charge in [-0.1, -0.05) is 6.07 Å². The van der Waals surface area contributed by atoms with Crippen LogP contribution in [0, 0.1) is 4.77 Å². The zero-order valence-electron chi connectivity index (χ0n) is 11.0. The molecule has 0 fully saturated rings. The van der Waals surface area contributed by atoms with E-state index in [1.807, 2.05) is 12.3 Å². The second-order valence-corrected chi connectivity index (χ2v) is 5.70. The fourth-order valence-electron chi connectivity index (χ4n) is 1.99. The minimum atomic E-state index is -0.0473. The van der Waals surface area contributed by atoms with E-state index in [0.717, 1.165) is 18.7 Å². The van der Waals surface area contributed by atoms with E-state index in [1.165, 1.54) is 5.56 Å². The van der Waals surface area contributed by atoms with Gasteiger partial charge in [0.05, 0.1) is 0 Å². The molecule has 2 rings (SSSR count). The zero-order valence-corrected chi connectivity index (χ0v) is 11.8. The Morgan fingerprint density at radius 1 is 1.33 bits per heavy atom. The molecule has 2 aromatic heterocycles. The Labute approximate surface area is 112 Å². The Bertz CT molecular complexity index is 563. The maximum Gasteiger partial charge on any atom is 0.195 e. The summed E-state index contributed by atoms with van der Waals surface area (Å²) in [5, 5.41) is 7.20. The van der Waals surface area contributed by atoms with Crippen molar-refractivity contribution in [2.75, 3.05) is 0 Å². The highest BCUT2D eigenvalue weighted by Gasteiger charge is 2.18. The summed E-state index contributed by atoms with van der Waals surface area (Å²) < 4.78 is 2.77. The summed E-state index contributed by atoms with van der Waals surface area (Å²) >= 11 is 5.28. The van der Waals surface area contributed by atoms with E-state index in [-0.39, 0.29) is 5.54 Å². The molecule has 2 aromatic rings. The normalized spacial score (nSPS) is 11.7. The van der Waals surface area contributed by atoms with Crippen LogP contribution >= 0.6 is 12.2 Å². The van der Waals surface area contributed by atoms with Crippen LogP contribution < -0.4 is 0 Å². The lowest BCUT2D eigenvalue weighted by Crippen LogP contribution is -2.24. The highest BCUT2D eigenvalue weighted by Crippen LogP contribution is 2.17. The number of hydrogen-bond acceptors (Lipinski definition) is 3. The molecule has 0 aliphatic carbocycles. The minimum Gasteiger partial charge on any atom is -0.299 e. The van der Waals surface area contributed by atoms with E-state index in [1.54, 1.807) is 6.20 Å². The Morgan fingerprint density at radius 2 is 2.11 bits per heavy atom. The van der Waals surface area contributed by atoms with Gasteiger partial charge in [-0.05, 0) is 51.0 Å². The van der Waals surface area contributed by atoms with Gasteiger partial charge in [-0.3, -0.25) is 14.6 Å². The number of pyridine rings is 1. The lowest BCUT2D eigenvalue weighted by molar-refractivity contribution is 0.377. The van der Waals surface area contributed by atoms with Crippen molar-refractivity contribution in [2.24, 2.45) is 0 Å². The molecule has 18 heavy (non-hydrogen) atoms. The standard InChI is InChI=1S/C13H18N4S/c1-13(2,3)17-11(15-16-12(17)18)7-6-10-5-4-8-14-9-10/h4-5,8-9H,6-7H2,1-3H3,(H,16,18). The van der Waals surface area contributed by atoms with Crippen molar-refractivity contribution in [3.05, 3.63) is 40.7 Å². The molecule has 0 saturated heterocycles. The molecular weight excluding hydrogens is 244 g/mol. The average Bonchev–Trinajstić information content (AvgIpc) is 2.69. The number of aromatic amines is 1. The monoisotopic (exact) mass is 262 g/mol. The van der Waals surface area contributed by atoms with Gasteiger partial charge in [-0.15, -0.1) is 0 Å². The van der Waals surface area contributed by atoms with Crippen LogP contribution in [0.15, 0.2) is 24.5 Å². The van der Waals surface area contributed by atoms with Crippen LogP contribution in [0.25, 0.3) is 0 Å². The number of hydrogen-bond donors (Lipinski definition) is 1. The van der Waals surface area contributed by atoms with Gasteiger partial charge in [0, 0.05) is 24.4 Å². The molecule has 2 heterocycles. The first-order chi connectivity index (χ1) is 8.48. The summed E-state index contributed by atoms with van der Waals surface area (Å²) in [6.07, 6.45) is 5.46. The van der Waals surface area contributed by atoms with Crippen LogP contribution in [0.3, 0.4) is 0 Å². The highest BCUT2D eigenvalue weighted by atomic mass is 32.1. The average molecular weight is 262 g/mol. The van der Waals surface area contributed by atoms with Crippen LogP contribution in [-0.4, -0.2) is 19.7 Å². The topological polar surface area (TPSA) is 46.5 Å². The molecule has 4 nitrogen and oxygen atoms in total. The Balaban J connectivity index is 2.18. The second kappa shape index (κ2) is 5.02. The highest BCUT2D eigenvalue weighted by molar-refractivity contribution is 7.71. The summed E-state index contributed by atoms with van der Waals surface area (Å²) in [5.74, 6) is 0.997. The van der Waals surface area contributed by atoms with E-state index in [9.17, 15) is 0 Å². The number of nitrogens with one attached hydrogen (secondary N) is 1. The molecule has 1 N–H and O–H groups in total. The molecular formula is C13H18N4S. The van der Waals surface area contributed by atoms with Gasteiger partial charge in [0.25, 0.3) is 0 Å². The molecule has 5 heteroatoms. The summed E-state index contributed by atoms with van der Waals surface area (Å²) in [6, 6.07) is 4.03.